The van der Waals surface area contributed by atoms with Crippen LogP contribution in [-0.2, 0) is 6.42 Å². The highest BCUT2D eigenvalue weighted by Crippen LogP contribution is 2.33. The minimum atomic E-state index is 0.793. The minimum absolute atomic E-state index is 0.793. The molecule has 0 spiro atoms. The largest absolute Gasteiger partial charge is 0.0892 e. The number of aryl methyl sites for hydroxylation is 1. The molecule has 0 heterocycles. The van der Waals surface area contributed by atoms with E-state index in [1.54, 1.807) is 0 Å². The normalized spacial score (nSPS) is 10.9. The second kappa shape index (κ2) is 7.24. The predicted molar refractivity (Wildman–Crippen MR) is 73.6 cm³/mol. The summed E-state index contributed by atoms with van der Waals surface area (Å²) in [5.41, 5.74) is 1.51. The summed E-state index contributed by atoms with van der Waals surface area (Å²) in [7, 11) is 3.84. The first-order chi connectivity index (χ1) is 7.24. The molecule has 0 aliphatic heterocycles. The Morgan fingerprint density at radius 2 is 1.93 bits per heavy atom. The Hall–Kier alpha value is -0.0800. The topological polar surface area (TPSA) is 0 Å². The molecule has 1 rings (SSSR count). The molecule has 0 N–H and O–H groups in total. The van der Waals surface area contributed by atoms with E-state index in [2.05, 4.69) is 45.0 Å². The summed E-state index contributed by atoms with van der Waals surface area (Å²) >= 11 is 0. The van der Waals surface area contributed by atoms with E-state index in [9.17, 15) is 0 Å². The third-order valence-corrected chi connectivity index (χ3v) is 4.76. The standard InChI is InChI=1S/C13H20S2/c1-4-14-15-13-8-6-5-7-12(13)10-9-11(2)3/h5-8,11H,4,9-10H2,1-3H3. The molecule has 0 fully saturated rings. The molecule has 0 radical (unpaired) electrons. The Labute approximate surface area is 102 Å². The summed E-state index contributed by atoms with van der Waals surface area (Å²) in [5.74, 6) is 1.96. The van der Waals surface area contributed by atoms with Gasteiger partial charge < -0.3 is 0 Å². The van der Waals surface area contributed by atoms with E-state index >= 15 is 0 Å². The van der Waals surface area contributed by atoms with Crippen molar-refractivity contribution in [3.63, 3.8) is 0 Å². The fourth-order valence-corrected chi connectivity index (χ4v) is 3.24. The maximum absolute atomic E-state index is 2.29. The molecule has 15 heavy (non-hydrogen) atoms. The molecule has 0 aliphatic rings. The summed E-state index contributed by atoms with van der Waals surface area (Å²) in [5, 5.41) is 0. The highest BCUT2D eigenvalue weighted by Gasteiger charge is 2.03. The SMILES string of the molecule is CCSSc1ccccc1CCC(C)C. The number of benzene rings is 1. The first-order valence-electron chi connectivity index (χ1n) is 5.61. The van der Waals surface area contributed by atoms with Crippen LogP contribution in [0, 0.1) is 5.92 Å². The van der Waals surface area contributed by atoms with Crippen LogP contribution in [0.3, 0.4) is 0 Å². The van der Waals surface area contributed by atoms with Gasteiger partial charge >= 0.3 is 0 Å². The summed E-state index contributed by atoms with van der Waals surface area (Å²) in [6, 6.07) is 8.79. The first kappa shape index (κ1) is 13.0. The van der Waals surface area contributed by atoms with Gasteiger partial charge in [0.15, 0.2) is 0 Å². The van der Waals surface area contributed by atoms with E-state index in [1.165, 1.54) is 29.1 Å². The molecular formula is C13H20S2. The third-order valence-electron chi connectivity index (χ3n) is 2.23. The lowest BCUT2D eigenvalue weighted by Gasteiger charge is -2.09. The van der Waals surface area contributed by atoms with Gasteiger partial charge in [-0.2, -0.15) is 0 Å². The van der Waals surface area contributed by atoms with E-state index in [0.717, 1.165) is 5.92 Å². The number of rotatable bonds is 6. The van der Waals surface area contributed by atoms with Crippen molar-refractivity contribution in [3.8, 4) is 0 Å². The van der Waals surface area contributed by atoms with Gasteiger partial charge in [-0.25, -0.2) is 0 Å². The molecule has 0 saturated heterocycles. The van der Waals surface area contributed by atoms with Crippen LogP contribution in [0.25, 0.3) is 0 Å². The van der Waals surface area contributed by atoms with Crippen molar-refractivity contribution in [2.24, 2.45) is 5.92 Å². The summed E-state index contributed by atoms with van der Waals surface area (Å²) < 4.78 is 0. The van der Waals surface area contributed by atoms with Crippen LogP contribution in [0.4, 0.5) is 0 Å². The van der Waals surface area contributed by atoms with Gasteiger partial charge in [-0.3, -0.25) is 0 Å². The molecule has 0 atom stereocenters. The molecule has 0 unspecified atom stereocenters. The van der Waals surface area contributed by atoms with Gasteiger partial charge in [-0.05, 0) is 30.4 Å². The van der Waals surface area contributed by atoms with Gasteiger partial charge in [-0.1, -0.05) is 60.6 Å². The molecule has 0 aliphatic carbocycles. The third kappa shape index (κ3) is 4.98. The second-order valence-corrected chi connectivity index (χ2v) is 6.66. The van der Waals surface area contributed by atoms with Crippen molar-refractivity contribution in [2.45, 2.75) is 38.5 Å². The molecule has 0 saturated carbocycles. The highest BCUT2D eigenvalue weighted by molar-refractivity contribution is 8.76. The van der Waals surface area contributed by atoms with Gasteiger partial charge in [0.1, 0.15) is 0 Å². The molecule has 0 aromatic heterocycles. The molecule has 1 aromatic carbocycles. The molecule has 84 valence electrons. The van der Waals surface area contributed by atoms with Crippen LogP contribution < -0.4 is 0 Å². The van der Waals surface area contributed by atoms with E-state index < -0.39 is 0 Å². The zero-order valence-corrected chi connectivity index (χ0v) is 11.5. The molecule has 1 aromatic rings. The van der Waals surface area contributed by atoms with Crippen molar-refractivity contribution in [2.75, 3.05) is 5.75 Å². The lowest BCUT2D eigenvalue weighted by atomic mass is 10.0. The smallest absolute Gasteiger partial charge is 0.0214 e. The monoisotopic (exact) mass is 240 g/mol. The van der Waals surface area contributed by atoms with Crippen molar-refractivity contribution in [1.29, 1.82) is 0 Å². The van der Waals surface area contributed by atoms with Crippen molar-refractivity contribution < 1.29 is 0 Å². The van der Waals surface area contributed by atoms with Crippen LogP contribution in [0.1, 0.15) is 32.8 Å². The molecular weight excluding hydrogens is 220 g/mol. The minimum Gasteiger partial charge on any atom is -0.0892 e. The summed E-state index contributed by atoms with van der Waals surface area (Å²) in [4.78, 5) is 1.45. The summed E-state index contributed by atoms with van der Waals surface area (Å²) in [6.07, 6.45) is 2.50. The van der Waals surface area contributed by atoms with Gasteiger partial charge in [0.05, 0.1) is 0 Å². The predicted octanol–water partition coefficient (Wildman–Crippen LogP) is 5.04. The fraction of sp³-hybridized carbons (Fsp3) is 0.538. The quantitative estimate of drug-likeness (QED) is 0.639. The fourth-order valence-electron chi connectivity index (χ4n) is 1.36. The van der Waals surface area contributed by atoms with Gasteiger partial charge in [0.25, 0.3) is 0 Å². The van der Waals surface area contributed by atoms with E-state index in [-0.39, 0.29) is 0 Å². The lowest BCUT2D eigenvalue weighted by Crippen LogP contribution is -1.93. The Balaban J connectivity index is 2.59. The second-order valence-electron chi connectivity index (χ2n) is 4.03. The zero-order valence-electron chi connectivity index (χ0n) is 9.82. The molecule has 0 nitrogen and oxygen atoms in total. The van der Waals surface area contributed by atoms with Crippen LogP contribution in [0.5, 0.6) is 0 Å². The Bertz CT molecular complexity index is 282. The Morgan fingerprint density at radius 1 is 1.20 bits per heavy atom. The lowest BCUT2D eigenvalue weighted by molar-refractivity contribution is 0.584. The van der Waals surface area contributed by atoms with Crippen LogP contribution in [0.2, 0.25) is 0 Å². The van der Waals surface area contributed by atoms with Gasteiger partial charge in [0.2, 0.25) is 0 Å². The van der Waals surface area contributed by atoms with Crippen LogP contribution in [-0.4, -0.2) is 5.75 Å². The van der Waals surface area contributed by atoms with E-state index in [4.69, 9.17) is 0 Å². The van der Waals surface area contributed by atoms with E-state index in [0.29, 0.717) is 0 Å². The maximum Gasteiger partial charge on any atom is 0.0214 e. The number of hydrogen-bond donors (Lipinski definition) is 0. The average Bonchev–Trinajstić information content (AvgIpc) is 2.24. The Morgan fingerprint density at radius 3 is 2.60 bits per heavy atom. The molecule has 0 amide bonds. The molecule has 2 heteroatoms. The van der Waals surface area contributed by atoms with Crippen molar-refractivity contribution in [1.82, 2.24) is 0 Å². The van der Waals surface area contributed by atoms with Gasteiger partial charge in [-0.15, -0.1) is 0 Å². The average molecular weight is 240 g/mol. The van der Waals surface area contributed by atoms with Crippen molar-refractivity contribution >= 4 is 21.6 Å². The van der Waals surface area contributed by atoms with Gasteiger partial charge in [0, 0.05) is 10.6 Å². The van der Waals surface area contributed by atoms with E-state index in [1.807, 2.05) is 21.6 Å². The highest BCUT2D eigenvalue weighted by atomic mass is 33.1. The summed E-state index contributed by atoms with van der Waals surface area (Å²) in [6.45, 7) is 6.78. The van der Waals surface area contributed by atoms with Crippen molar-refractivity contribution in [3.05, 3.63) is 29.8 Å². The molecule has 0 bridgehead atoms. The number of hydrogen-bond acceptors (Lipinski definition) is 2. The first-order valence-corrected chi connectivity index (χ1v) is 7.93. The zero-order chi connectivity index (χ0) is 11.1. The maximum atomic E-state index is 2.29. The van der Waals surface area contributed by atoms with Crippen LogP contribution >= 0.6 is 21.6 Å². The van der Waals surface area contributed by atoms with Crippen LogP contribution in [0.15, 0.2) is 29.2 Å². The Kier molecular flexibility index (Phi) is 6.26.